The van der Waals surface area contributed by atoms with E-state index in [1.54, 1.807) is 19.2 Å². The van der Waals surface area contributed by atoms with Gasteiger partial charge in [0.15, 0.2) is 0 Å². The Morgan fingerprint density at radius 3 is 2.57 bits per heavy atom. The summed E-state index contributed by atoms with van der Waals surface area (Å²) < 4.78 is 2.55. The molecule has 4 rings (SSSR count). The third kappa shape index (κ3) is 2.25. The Morgan fingerprint density at radius 2 is 1.78 bits per heavy atom. The monoisotopic (exact) mass is 317 g/mol. The minimum Gasteiger partial charge on any atom is -0.871 e. The van der Waals surface area contributed by atoms with E-state index in [0.29, 0.717) is 15.9 Å². The van der Waals surface area contributed by atoms with Gasteiger partial charge in [0, 0.05) is 13.1 Å². The van der Waals surface area contributed by atoms with Crippen LogP contribution in [0.4, 0.5) is 0 Å². The molecule has 0 aliphatic heterocycles. The molecule has 4 aromatic rings. The second-order valence-electron chi connectivity index (χ2n) is 5.14. The fraction of sp³-hybridized carbons (Fsp3) is 0.0588. The number of aryl methyl sites for hydroxylation is 1. The van der Waals surface area contributed by atoms with E-state index in [-0.39, 0.29) is 27.0 Å². The Labute approximate surface area is 139 Å². The minimum absolute atomic E-state index is 0. The van der Waals surface area contributed by atoms with Gasteiger partial charge in [-0.15, -0.1) is 0 Å². The Kier molecular flexibility index (Phi) is 3.76. The number of nitrogens with zero attached hydrogens (tertiary/aromatic N) is 1. The van der Waals surface area contributed by atoms with Gasteiger partial charge in [0.05, 0.1) is 5.52 Å². The molecule has 1 N–H and O–H groups in total. The van der Waals surface area contributed by atoms with Gasteiger partial charge in [0.1, 0.15) is 10.3 Å². The van der Waals surface area contributed by atoms with Crippen LogP contribution in [0, 0.1) is 0 Å². The molecule has 0 atom stereocenters. The predicted molar refractivity (Wildman–Crippen MR) is 91.8 cm³/mol. The number of para-hydroxylation sites is 2. The number of aromatic nitrogens is 2. The molecule has 0 unspecified atom stereocenters. The summed E-state index contributed by atoms with van der Waals surface area (Å²) in [5.41, 5.74) is 1.52. The number of hydrogen-bond acceptors (Lipinski definition) is 3. The van der Waals surface area contributed by atoms with Gasteiger partial charge in [-0.2, -0.15) is 4.98 Å². The quantitative estimate of drug-likeness (QED) is 0.504. The zero-order valence-electron chi connectivity index (χ0n) is 12.5. The largest absolute Gasteiger partial charge is 2.00 e. The first-order valence-electron chi connectivity index (χ1n) is 6.87. The Morgan fingerprint density at radius 1 is 1.09 bits per heavy atom. The summed E-state index contributed by atoms with van der Waals surface area (Å²) in [4.78, 5) is 15.8. The Hall–Kier alpha value is -2.49. The fourth-order valence-corrected chi connectivity index (χ4v) is 3.74. The van der Waals surface area contributed by atoms with Gasteiger partial charge < -0.3 is 9.67 Å². The number of benzene rings is 2. The molecule has 4 nitrogen and oxygen atoms in total. The maximum Gasteiger partial charge on any atom is 2.00 e. The first-order valence-corrected chi connectivity index (χ1v) is 7.68. The average molecular weight is 317 g/mol. The topological polar surface area (TPSA) is 59.2 Å². The van der Waals surface area contributed by atoms with Crippen molar-refractivity contribution in [1.82, 2.24) is 4.57 Å². The molecule has 2 aromatic heterocycles. The van der Waals surface area contributed by atoms with Crippen molar-refractivity contribution in [2.75, 3.05) is 0 Å². The number of fused-ring (bicyclic) bond motifs is 2. The Balaban J connectivity index is 0.00000156. The second kappa shape index (κ2) is 5.61. The van der Waals surface area contributed by atoms with Crippen LogP contribution in [0.2, 0.25) is 0 Å². The molecule has 6 heteroatoms. The summed E-state index contributed by atoms with van der Waals surface area (Å²) in [7, 11) is 1.70. The zero-order chi connectivity index (χ0) is 15.3. The standard InChI is InChI=1S/C17H12N2O2S.Be/c1-19-12-8-4-2-6-10(12)15(20)14(17(19)21)16-18-11-7-3-5-9-13(11)22-16;/h2-9,20H,1H3;/q;+2. The molecular formula is C17H12BeN2O2S+2. The smallest absolute Gasteiger partial charge is 0.871 e. The molecule has 2 heterocycles. The summed E-state index contributed by atoms with van der Waals surface area (Å²) in [5.74, 6) is -0.221. The molecular weight excluding hydrogens is 305 g/mol. The molecule has 0 saturated carbocycles. The normalized spacial score (nSPS) is 10.8. The van der Waals surface area contributed by atoms with Gasteiger partial charge in [-0.05, 0) is 17.5 Å². The van der Waals surface area contributed by atoms with Crippen molar-refractivity contribution < 1.29 is 10.1 Å². The molecule has 108 valence electrons. The number of pyridine rings is 1. The van der Waals surface area contributed by atoms with Gasteiger partial charge in [-0.1, -0.05) is 47.4 Å². The molecule has 0 saturated heterocycles. The molecule has 0 amide bonds. The van der Waals surface area contributed by atoms with Crippen molar-refractivity contribution in [3.63, 3.8) is 0 Å². The number of H-pyrrole nitrogens is 1. The van der Waals surface area contributed by atoms with Crippen LogP contribution < -0.4 is 15.6 Å². The van der Waals surface area contributed by atoms with Gasteiger partial charge in [0.2, 0.25) is 5.52 Å². The van der Waals surface area contributed by atoms with Gasteiger partial charge in [-0.3, -0.25) is 4.79 Å². The van der Waals surface area contributed by atoms with E-state index in [2.05, 4.69) is 4.98 Å². The van der Waals surface area contributed by atoms with Crippen molar-refractivity contribution in [1.29, 1.82) is 0 Å². The number of hydrogen-bond donors (Lipinski definition) is 0. The summed E-state index contributed by atoms with van der Waals surface area (Å²) in [6.07, 6.45) is 0. The van der Waals surface area contributed by atoms with Crippen LogP contribution in [0.25, 0.3) is 31.7 Å². The Bertz CT molecular complexity index is 1050. The summed E-state index contributed by atoms with van der Waals surface area (Å²) in [6, 6.07) is 14.9. The molecule has 0 fully saturated rings. The van der Waals surface area contributed by atoms with E-state index in [9.17, 15) is 9.90 Å². The average Bonchev–Trinajstić information content (AvgIpc) is 2.96. The van der Waals surface area contributed by atoms with Crippen molar-refractivity contribution >= 4 is 42.6 Å². The maximum absolute atomic E-state index is 12.8. The molecule has 0 aliphatic carbocycles. The summed E-state index contributed by atoms with van der Waals surface area (Å²) >= 11 is 1.43. The molecule has 23 heavy (non-hydrogen) atoms. The van der Waals surface area contributed by atoms with E-state index >= 15 is 0 Å². The van der Waals surface area contributed by atoms with Crippen LogP contribution in [0.3, 0.4) is 0 Å². The van der Waals surface area contributed by atoms with E-state index < -0.39 is 0 Å². The zero-order valence-corrected chi connectivity index (χ0v) is 13.3. The maximum atomic E-state index is 12.8. The van der Waals surface area contributed by atoms with E-state index in [0.717, 1.165) is 10.2 Å². The first-order chi connectivity index (χ1) is 10.7. The molecule has 0 radical (unpaired) electrons. The third-order valence-electron chi connectivity index (χ3n) is 3.83. The first kappa shape index (κ1) is 15.4. The van der Waals surface area contributed by atoms with Crippen molar-refractivity contribution in [2.24, 2.45) is 7.05 Å². The SMILES string of the molecule is Cn1c(=O)c(-c2[nH+]c3ccccc3s2)c([O-])c2ccccc21.[Be+2]. The number of nitrogens with one attached hydrogen (secondary N) is 1. The predicted octanol–water partition coefficient (Wildman–Crippen LogP) is 1.93. The van der Waals surface area contributed by atoms with Crippen molar-refractivity contribution in [2.45, 2.75) is 0 Å². The van der Waals surface area contributed by atoms with E-state index in [1.807, 2.05) is 36.4 Å². The molecule has 0 spiro atoms. The van der Waals surface area contributed by atoms with Crippen LogP contribution in [0.5, 0.6) is 5.75 Å². The molecule has 0 bridgehead atoms. The van der Waals surface area contributed by atoms with Crippen LogP contribution in [-0.4, -0.2) is 14.7 Å². The number of rotatable bonds is 1. The van der Waals surface area contributed by atoms with Gasteiger partial charge in [0.25, 0.3) is 10.6 Å². The number of thiazole rings is 1. The van der Waals surface area contributed by atoms with Gasteiger partial charge in [-0.25, -0.2) is 0 Å². The van der Waals surface area contributed by atoms with Crippen LogP contribution in [-0.2, 0) is 7.05 Å². The third-order valence-corrected chi connectivity index (χ3v) is 4.92. The van der Waals surface area contributed by atoms with Gasteiger partial charge >= 0.3 is 10.1 Å². The minimum atomic E-state index is -0.272. The summed E-state index contributed by atoms with van der Waals surface area (Å²) in [5, 5.41) is 13.9. The molecule has 2 aromatic carbocycles. The fourth-order valence-electron chi connectivity index (χ4n) is 2.70. The van der Waals surface area contributed by atoms with E-state index in [4.69, 9.17) is 0 Å². The van der Waals surface area contributed by atoms with Crippen LogP contribution in [0.15, 0.2) is 53.3 Å². The second-order valence-corrected chi connectivity index (χ2v) is 6.19. The van der Waals surface area contributed by atoms with E-state index in [1.165, 1.54) is 15.9 Å². The molecule has 0 aliphatic rings. The van der Waals surface area contributed by atoms with Crippen LogP contribution >= 0.6 is 11.3 Å². The van der Waals surface area contributed by atoms with Crippen molar-refractivity contribution in [3.05, 3.63) is 58.9 Å². The van der Waals surface area contributed by atoms with Crippen molar-refractivity contribution in [3.8, 4) is 16.3 Å². The van der Waals surface area contributed by atoms with Crippen LogP contribution in [0.1, 0.15) is 0 Å². The summed E-state index contributed by atoms with van der Waals surface area (Å²) in [6.45, 7) is 0. The number of aromatic amines is 1.